The molecule has 1 saturated heterocycles. The molecule has 3 rings (SSSR count). The van der Waals surface area contributed by atoms with E-state index in [1.807, 2.05) is 13.0 Å². The van der Waals surface area contributed by atoms with Crippen LogP contribution in [0.15, 0.2) is 30.3 Å². The molecule has 9 heteroatoms. The van der Waals surface area contributed by atoms with Crippen LogP contribution in [-0.2, 0) is 20.5 Å². The Balaban J connectivity index is 1.60. The number of esters is 1. The Hall–Kier alpha value is -2.39. The number of anilines is 1. The van der Waals surface area contributed by atoms with Gasteiger partial charge in [0.1, 0.15) is 0 Å². The van der Waals surface area contributed by atoms with E-state index in [0.29, 0.717) is 18.4 Å². The van der Waals surface area contributed by atoms with Crippen LogP contribution in [0.25, 0.3) is 0 Å². The Morgan fingerprint density at radius 2 is 2.04 bits per heavy atom. The van der Waals surface area contributed by atoms with Gasteiger partial charge in [-0.25, -0.2) is 17.9 Å². The summed E-state index contributed by atoms with van der Waals surface area (Å²) in [7, 11) is -2.30. The van der Waals surface area contributed by atoms with Crippen LogP contribution < -0.4 is 9.62 Å². The number of hydrogen-bond donors (Lipinski definition) is 2. The average Bonchev–Trinajstić information content (AvgIpc) is 3.08. The molecule has 1 aromatic carbocycles. The van der Waals surface area contributed by atoms with Gasteiger partial charge in [0.05, 0.1) is 18.4 Å². The van der Waals surface area contributed by atoms with Crippen molar-refractivity contribution in [2.75, 3.05) is 25.1 Å². The SMILES string of the molecule is COC(=O)c1ccccc1CS(=O)(=O)NC1CCN(c2cc(C)[nH]n2)CC1. The van der Waals surface area contributed by atoms with E-state index in [1.54, 1.807) is 24.3 Å². The lowest BCUT2D eigenvalue weighted by Crippen LogP contribution is -2.45. The van der Waals surface area contributed by atoms with Crippen molar-refractivity contribution in [3.63, 3.8) is 0 Å². The van der Waals surface area contributed by atoms with E-state index < -0.39 is 16.0 Å². The Morgan fingerprint density at radius 3 is 2.67 bits per heavy atom. The van der Waals surface area contributed by atoms with Gasteiger partial charge in [-0.2, -0.15) is 5.10 Å². The summed E-state index contributed by atoms with van der Waals surface area (Å²) in [6, 6.07) is 8.45. The summed E-state index contributed by atoms with van der Waals surface area (Å²) < 4.78 is 32.7. The molecular formula is C18H24N4O4S. The minimum Gasteiger partial charge on any atom is -0.465 e. The van der Waals surface area contributed by atoms with Gasteiger partial charge in [0.2, 0.25) is 10.0 Å². The Morgan fingerprint density at radius 1 is 1.33 bits per heavy atom. The van der Waals surface area contributed by atoms with Crippen LogP contribution >= 0.6 is 0 Å². The molecule has 2 N–H and O–H groups in total. The molecule has 146 valence electrons. The maximum absolute atomic E-state index is 12.6. The van der Waals surface area contributed by atoms with Gasteiger partial charge in [-0.15, -0.1) is 0 Å². The second-order valence-electron chi connectivity index (χ2n) is 6.70. The summed E-state index contributed by atoms with van der Waals surface area (Å²) in [5.41, 5.74) is 1.70. The number of nitrogens with one attached hydrogen (secondary N) is 2. The molecule has 1 aromatic heterocycles. The number of ether oxygens (including phenoxy) is 1. The number of aromatic nitrogens is 2. The van der Waals surface area contributed by atoms with Crippen LogP contribution in [0, 0.1) is 6.92 Å². The van der Waals surface area contributed by atoms with E-state index in [-0.39, 0.29) is 17.4 Å². The lowest BCUT2D eigenvalue weighted by Gasteiger charge is -2.32. The molecule has 1 aliphatic heterocycles. The van der Waals surface area contributed by atoms with Crippen molar-refractivity contribution in [1.29, 1.82) is 0 Å². The fourth-order valence-corrected chi connectivity index (χ4v) is 4.74. The van der Waals surface area contributed by atoms with E-state index in [0.717, 1.165) is 24.6 Å². The predicted molar refractivity (Wildman–Crippen MR) is 102 cm³/mol. The second-order valence-corrected chi connectivity index (χ2v) is 8.45. The summed E-state index contributed by atoms with van der Waals surface area (Å²) >= 11 is 0. The van der Waals surface area contributed by atoms with Crippen LogP contribution in [-0.4, -0.2) is 50.8 Å². The second kappa shape index (κ2) is 8.10. The van der Waals surface area contributed by atoms with Crippen molar-refractivity contribution in [2.24, 2.45) is 0 Å². The first-order chi connectivity index (χ1) is 12.9. The molecule has 1 aliphatic rings. The number of sulfonamides is 1. The average molecular weight is 392 g/mol. The van der Waals surface area contributed by atoms with E-state index in [4.69, 9.17) is 4.74 Å². The standard InChI is InChI=1S/C18H24N4O4S/c1-13-11-17(20-19-13)22-9-7-15(8-10-22)21-27(24,25)12-14-5-3-4-6-16(14)18(23)26-2/h3-6,11,15,21H,7-10,12H2,1-2H3,(H,19,20). The van der Waals surface area contributed by atoms with Crippen LogP contribution in [0.1, 0.15) is 34.5 Å². The van der Waals surface area contributed by atoms with E-state index in [9.17, 15) is 13.2 Å². The number of carbonyl (C=O) groups excluding carboxylic acids is 1. The van der Waals surface area contributed by atoms with Crippen molar-refractivity contribution in [3.05, 3.63) is 47.2 Å². The van der Waals surface area contributed by atoms with Crippen LogP contribution in [0.5, 0.6) is 0 Å². The number of benzene rings is 1. The van der Waals surface area contributed by atoms with Gasteiger partial charge < -0.3 is 9.64 Å². The van der Waals surface area contributed by atoms with Crippen LogP contribution in [0.4, 0.5) is 5.82 Å². The van der Waals surface area contributed by atoms with Gasteiger partial charge in [0.25, 0.3) is 0 Å². The van der Waals surface area contributed by atoms with E-state index in [1.165, 1.54) is 7.11 Å². The van der Waals surface area contributed by atoms with Gasteiger partial charge in [0, 0.05) is 30.9 Å². The number of aryl methyl sites for hydroxylation is 1. The van der Waals surface area contributed by atoms with Crippen molar-refractivity contribution in [3.8, 4) is 0 Å². The first-order valence-corrected chi connectivity index (χ1v) is 10.5. The highest BCUT2D eigenvalue weighted by atomic mass is 32.2. The summed E-state index contributed by atoms with van der Waals surface area (Å²) in [4.78, 5) is 14.0. The zero-order valence-corrected chi connectivity index (χ0v) is 16.3. The van der Waals surface area contributed by atoms with Crippen molar-refractivity contribution >= 4 is 21.8 Å². The molecule has 0 atom stereocenters. The van der Waals surface area contributed by atoms with Gasteiger partial charge in [-0.05, 0) is 31.4 Å². The topological polar surface area (TPSA) is 104 Å². The molecule has 2 heterocycles. The lowest BCUT2D eigenvalue weighted by atomic mass is 10.1. The van der Waals surface area contributed by atoms with E-state index >= 15 is 0 Å². The normalized spacial score (nSPS) is 15.7. The first-order valence-electron chi connectivity index (χ1n) is 8.81. The molecular weight excluding hydrogens is 368 g/mol. The minimum absolute atomic E-state index is 0.128. The lowest BCUT2D eigenvalue weighted by molar-refractivity contribution is 0.0600. The highest BCUT2D eigenvalue weighted by Crippen LogP contribution is 2.20. The number of methoxy groups -OCH3 is 1. The molecule has 0 unspecified atom stereocenters. The molecule has 27 heavy (non-hydrogen) atoms. The summed E-state index contributed by atoms with van der Waals surface area (Å²) in [6.07, 6.45) is 1.40. The molecule has 0 aliphatic carbocycles. The Kier molecular flexibility index (Phi) is 5.81. The molecule has 0 saturated carbocycles. The summed E-state index contributed by atoms with van der Waals surface area (Å²) in [6.45, 7) is 3.41. The van der Waals surface area contributed by atoms with Crippen molar-refractivity contribution in [2.45, 2.75) is 31.6 Å². The monoisotopic (exact) mass is 392 g/mol. The Labute approximate surface area is 159 Å². The minimum atomic E-state index is -3.57. The van der Waals surface area contributed by atoms with E-state index in [2.05, 4.69) is 19.8 Å². The fraction of sp³-hybridized carbons (Fsp3) is 0.444. The number of rotatable bonds is 6. The molecule has 0 bridgehead atoms. The molecule has 8 nitrogen and oxygen atoms in total. The number of H-pyrrole nitrogens is 1. The van der Waals surface area contributed by atoms with Crippen LogP contribution in [0.2, 0.25) is 0 Å². The van der Waals surface area contributed by atoms with Gasteiger partial charge in [-0.1, -0.05) is 18.2 Å². The molecule has 0 amide bonds. The van der Waals surface area contributed by atoms with Gasteiger partial charge in [-0.3, -0.25) is 5.10 Å². The number of carbonyl (C=O) groups is 1. The largest absolute Gasteiger partial charge is 0.465 e. The highest BCUT2D eigenvalue weighted by molar-refractivity contribution is 7.88. The van der Waals surface area contributed by atoms with Crippen molar-refractivity contribution in [1.82, 2.24) is 14.9 Å². The van der Waals surface area contributed by atoms with Crippen molar-refractivity contribution < 1.29 is 17.9 Å². The zero-order chi connectivity index (χ0) is 19.4. The van der Waals surface area contributed by atoms with Gasteiger partial charge in [0.15, 0.2) is 5.82 Å². The predicted octanol–water partition coefficient (Wildman–Crippen LogP) is 1.59. The molecule has 2 aromatic rings. The maximum Gasteiger partial charge on any atom is 0.338 e. The zero-order valence-electron chi connectivity index (χ0n) is 15.4. The highest BCUT2D eigenvalue weighted by Gasteiger charge is 2.26. The van der Waals surface area contributed by atoms with Crippen LogP contribution in [0.3, 0.4) is 0 Å². The number of hydrogen-bond acceptors (Lipinski definition) is 6. The third-order valence-electron chi connectivity index (χ3n) is 4.63. The van der Waals surface area contributed by atoms with Gasteiger partial charge >= 0.3 is 5.97 Å². The maximum atomic E-state index is 12.6. The molecule has 0 radical (unpaired) electrons. The smallest absolute Gasteiger partial charge is 0.338 e. The quantitative estimate of drug-likeness (QED) is 0.724. The molecule has 0 spiro atoms. The number of nitrogens with zero attached hydrogens (tertiary/aromatic N) is 2. The number of aromatic amines is 1. The summed E-state index contributed by atoms with van der Waals surface area (Å²) in [5, 5.41) is 7.17. The number of piperidine rings is 1. The third-order valence-corrected chi connectivity index (χ3v) is 6.01. The summed E-state index contributed by atoms with van der Waals surface area (Å²) in [5.74, 6) is 0.0982. The first kappa shape index (κ1) is 19.4. The fourth-order valence-electron chi connectivity index (χ4n) is 3.25. The molecule has 1 fully saturated rings. The third kappa shape index (κ3) is 4.86. The Bertz CT molecular complexity index is 902.